The number of nitrogens with zero attached hydrogens (tertiary/aromatic N) is 1. The first-order valence-corrected chi connectivity index (χ1v) is 8.04. The van der Waals surface area contributed by atoms with E-state index < -0.39 is 0 Å². The lowest BCUT2D eigenvalue weighted by atomic mass is 10.0. The molecular formula is C19H23FN2. The molecule has 3 rings (SSSR count). The van der Waals surface area contributed by atoms with Crippen LogP contribution in [-0.2, 0) is 13.1 Å². The van der Waals surface area contributed by atoms with E-state index in [1.165, 1.54) is 24.5 Å². The molecule has 1 aliphatic rings. The van der Waals surface area contributed by atoms with E-state index in [-0.39, 0.29) is 5.82 Å². The van der Waals surface area contributed by atoms with Gasteiger partial charge >= 0.3 is 0 Å². The van der Waals surface area contributed by atoms with Crippen LogP contribution < -0.4 is 5.32 Å². The van der Waals surface area contributed by atoms with Crippen LogP contribution in [0.5, 0.6) is 0 Å². The summed E-state index contributed by atoms with van der Waals surface area (Å²) in [6, 6.07) is 18.0. The number of rotatable bonds is 5. The summed E-state index contributed by atoms with van der Waals surface area (Å²) >= 11 is 0. The molecule has 2 nitrogen and oxygen atoms in total. The fourth-order valence-electron chi connectivity index (χ4n) is 3.12. The predicted molar refractivity (Wildman–Crippen MR) is 88.0 cm³/mol. The van der Waals surface area contributed by atoms with Crippen LogP contribution in [-0.4, -0.2) is 24.0 Å². The Bertz CT molecular complexity index is 585. The zero-order valence-electron chi connectivity index (χ0n) is 12.8. The number of nitrogens with one attached hydrogen (secondary N) is 1. The molecule has 116 valence electrons. The van der Waals surface area contributed by atoms with Crippen LogP contribution in [0.3, 0.4) is 0 Å². The zero-order chi connectivity index (χ0) is 15.2. The topological polar surface area (TPSA) is 15.3 Å². The molecule has 1 atom stereocenters. The van der Waals surface area contributed by atoms with E-state index in [1.54, 1.807) is 12.1 Å². The summed E-state index contributed by atoms with van der Waals surface area (Å²) in [7, 11) is 0. The highest BCUT2D eigenvalue weighted by Gasteiger charge is 2.19. The first kappa shape index (κ1) is 15.2. The quantitative estimate of drug-likeness (QED) is 0.907. The van der Waals surface area contributed by atoms with Gasteiger partial charge in [-0.1, -0.05) is 42.5 Å². The van der Waals surface area contributed by atoms with Crippen molar-refractivity contribution < 1.29 is 4.39 Å². The summed E-state index contributed by atoms with van der Waals surface area (Å²) in [4.78, 5) is 2.42. The second-order valence-corrected chi connectivity index (χ2v) is 6.07. The molecule has 0 radical (unpaired) electrons. The Balaban J connectivity index is 1.51. The van der Waals surface area contributed by atoms with E-state index in [0.717, 1.165) is 31.7 Å². The van der Waals surface area contributed by atoms with Crippen molar-refractivity contribution in [3.63, 3.8) is 0 Å². The van der Waals surface area contributed by atoms with Gasteiger partial charge in [-0.25, -0.2) is 4.39 Å². The maximum atomic E-state index is 13.3. The van der Waals surface area contributed by atoms with Gasteiger partial charge in [-0.2, -0.15) is 0 Å². The van der Waals surface area contributed by atoms with Gasteiger partial charge in [-0.15, -0.1) is 0 Å². The molecular weight excluding hydrogens is 275 g/mol. The van der Waals surface area contributed by atoms with Crippen molar-refractivity contribution >= 4 is 0 Å². The van der Waals surface area contributed by atoms with Crippen LogP contribution in [0, 0.1) is 5.82 Å². The smallest absolute Gasteiger partial charge is 0.123 e. The molecule has 0 saturated carbocycles. The zero-order valence-corrected chi connectivity index (χ0v) is 12.8. The SMILES string of the molecule is Fc1cccc(CN2CCCC(NCc3ccccc3)C2)c1. The number of hydrogen-bond acceptors (Lipinski definition) is 2. The third kappa shape index (κ3) is 4.39. The average Bonchev–Trinajstić information content (AvgIpc) is 2.54. The fourth-order valence-corrected chi connectivity index (χ4v) is 3.12. The van der Waals surface area contributed by atoms with E-state index >= 15 is 0 Å². The Labute approximate surface area is 132 Å². The van der Waals surface area contributed by atoms with Gasteiger partial charge < -0.3 is 5.32 Å². The van der Waals surface area contributed by atoms with Crippen molar-refractivity contribution in [1.82, 2.24) is 10.2 Å². The van der Waals surface area contributed by atoms with E-state index in [2.05, 4.69) is 34.5 Å². The van der Waals surface area contributed by atoms with Crippen LogP contribution in [0.2, 0.25) is 0 Å². The second kappa shape index (κ2) is 7.52. The molecule has 0 spiro atoms. The van der Waals surface area contributed by atoms with Crippen LogP contribution in [0.4, 0.5) is 4.39 Å². The number of likely N-dealkylation sites (tertiary alicyclic amines) is 1. The Morgan fingerprint density at radius 2 is 1.86 bits per heavy atom. The Kier molecular flexibility index (Phi) is 5.20. The maximum absolute atomic E-state index is 13.3. The molecule has 22 heavy (non-hydrogen) atoms. The number of hydrogen-bond donors (Lipinski definition) is 1. The molecule has 1 heterocycles. The van der Waals surface area contributed by atoms with Crippen LogP contribution >= 0.6 is 0 Å². The Morgan fingerprint density at radius 3 is 2.68 bits per heavy atom. The minimum Gasteiger partial charge on any atom is -0.309 e. The van der Waals surface area contributed by atoms with E-state index in [0.29, 0.717) is 6.04 Å². The lowest BCUT2D eigenvalue weighted by Crippen LogP contribution is -2.45. The van der Waals surface area contributed by atoms with Crippen molar-refractivity contribution in [2.24, 2.45) is 0 Å². The summed E-state index contributed by atoms with van der Waals surface area (Å²) in [5, 5.41) is 3.65. The fraction of sp³-hybridized carbons (Fsp3) is 0.368. The largest absolute Gasteiger partial charge is 0.309 e. The highest BCUT2D eigenvalue weighted by atomic mass is 19.1. The molecule has 1 unspecified atom stereocenters. The monoisotopic (exact) mass is 298 g/mol. The van der Waals surface area contributed by atoms with Gasteiger partial charge in [0.05, 0.1) is 0 Å². The molecule has 0 aliphatic carbocycles. The maximum Gasteiger partial charge on any atom is 0.123 e. The Hall–Kier alpha value is -1.71. The summed E-state index contributed by atoms with van der Waals surface area (Å²) in [6.07, 6.45) is 2.41. The molecule has 0 amide bonds. The van der Waals surface area contributed by atoms with Crippen molar-refractivity contribution in [3.05, 3.63) is 71.5 Å². The van der Waals surface area contributed by atoms with Crippen molar-refractivity contribution in [2.75, 3.05) is 13.1 Å². The van der Waals surface area contributed by atoms with Crippen LogP contribution in [0.1, 0.15) is 24.0 Å². The molecule has 0 aromatic heterocycles. The average molecular weight is 298 g/mol. The van der Waals surface area contributed by atoms with Gasteiger partial charge in [0.25, 0.3) is 0 Å². The van der Waals surface area contributed by atoms with E-state index in [1.807, 2.05) is 12.1 Å². The van der Waals surface area contributed by atoms with E-state index in [9.17, 15) is 4.39 Å². The van der Waals surface area contributed by atoms with Crippen molar-refractivity contribution in [2.45, 2.75) is 32.0 Å². The molecule has 2 aromatic carbocycles. The summed E-state index contributed by atoms with van der Waals surface area (Å²) in [5.41, 5.74) is 2.38. The number of halogens is 1. The third-order valence-corrected chi connectivity index (χ3v) is 4.24. The molecule has 1 N–H and O–H groups in total. The van der Waals surface area contributed by atoms with Gasteiger partial charge in [-0.05, 0) is 42.6 Å². The second-order valence-electron chi connectivity index (χ2n) is 6.07. The van der Waals surface area contributed by atoms with Gasteiger partial charge in [0.1, 0.15) is 5.82 Å². The van der Waals surface area contributed by atoms with E-state index in [4.69, 9.17) is 0 Å². The first-order valence-electron chi connectivity index (χ1n) is 8.04. The van der Waals surface area contributed by atoms with Gasteiger partial charge in [-0.3, -0.25) is 4.90 Å². The van der Waals surface area contributed by atoms with Gasteiger partial charge in [0.15, 0.2) is 0 Å². The minimum atomic E-state index is -0.145. The summed E-state index contributed by atoms with van der Waals surface area (Å²) in [6.45, 7) is 3.88. The third-order valence-electron chi connectivity index (χ3n) is 4.24. The molecule has 1 aliphatic heterocycles. The van der Waals surface area contributed by atoms with Gasteiger partial charge in [0.2, 0.25) is 0 Å². The van der Waals surface area contributed by atoms with Crippen molar-refractivity contribution in [3.8, 4) is 0 Å². The van der Waals surface area contributed by atoms with Crippen molar-refractivity contribution in [1.29, 1.82) is 0 Å². The van der Waals surface area contributed by atoms with Gasteiger partial charge in [0, 0.05) is 25.7 Å². The molecule has 1 fully saturated rings. The van der Waals surface area contributed by atoms with Crippen LogP contribution in [0.15, 0.2) is 54.6 Å². The normalized spacial score (nSPS) is 19.2. The Morgan fingerprint density at radius 1 is 1.05 bits per heavy atom. The highest BCUT2D eigenvalue weighted by Crippen LogP contribution is 2.15. The highest BCUT2D eigenvalue weighted by molar-refractivity contribution is 5.16. The number of benzene rings is 2. The lowest BCUT2D eigenvalue weighted by Gasteiger charge is -2.33. The molecule has 0 bridgehead atoms. The summed E-state index contributed by atoms with van der Waals surface area (Å²) in [5.74, 6) is -0.145. The summed E-state index contributed by atoms with van der Waals surface area (Å²) < 4.78 is 13.3. The lowest BCUT2D eigenvalue weighted by molar-refractivity contribution is 0.182. The molecule has 2 aromatic rings. The predicted octanol–water partition coefficient (Wildman–Crippen LogP) is 3.58. The molecule has 3 heteroatoms. The number of piperidine rings is 1. The molecule has 1 saturated heterocycles. The standard InChI is InChI=1S/C19H23FN2/c20-18-9-4-8-17(12-18)14-22-11-5-10-19(15-22)21-13-16-6-2-1-3-7-16/h1-4,6-9,12,19,21H,5,10-11,13-15H2. The minimum absolute atomic E-state index is 0.145. The first-order chi connectivity index (χ1) is 10.8. The van der Waals surface area contributed by atoms with Crippen LogP contribution in [0.25, 0.3) is 0 Å².